The number of thiazole rings is 1. The summed E-state index contributed by atoms with van der Waals surface area (Å²) in [7, 11) is 0. The van der Waals surface area contributed by atoms with E-state index in [-0.39, 0.29) is 31.1 Å². The predicted molar refractivity (Wildman–Crippen MR) is 152 cm³/mol. The van der Waals surface area contributed by atoms with Crippen LogP contribution >= 0.6 is 23.1 Å². The van der Waals surface area contributed by atoms with Gasteiger partial charge >= 0.3 is 18.9 Å². The first-order valence-electron chi connectivity index (χ1n) is 12.3. The second kappa shape index (κ2) is 15.2. The van der Waals surface area contributed by atoms with Gasteiger partial charge in [-0.2, -0.15) is 11.8 Å². The van der Waals surface area contributed by atoms with Crippen LogP contribution in [0.4, 0.5) is 4.39 Å². The fourth-order valence-corrected chi connectivity index (χ4v) is 5.41. The van der Waals surface area contributed by atoms with E-state index in [0.717, 1.165) is 32.1 Å². The van der Waals surface area contributed by atoms with E-state index < -0.39 is 17.9 Å². The molecule has 1 atom stereocenters. The fourth-order valence-electron chi connectivity index (χ4n) is 4.10. The summed E-state index contributed by atoms with van der Waals surface area (Å²) < 4.78 is 19.5. The summed E-state index contributed by atoms with van der Waals surface area (Å²) in [6.45, 7) is 2.59. The number of aromatic nitrogens is 1. The van der Waals surface area contributed by atoms with Crippen molar-refractivity contribution in [2.45, 2.75) is 32.6 Å². The van der Waals surface area contributed by atoms with E-state index in [0.29, 0.717) is 30.1 Å². The van der Waals surface area contributed by atoms with Crippen molar-refractivity contribution in [2.75, 3.05) is 12.0 Å². The van der Waals surface area contributed by atoms with E-state index in [1.54, 1.807) is 24.4 Å². The molecular formula is C30H28FLiN2O4S2. The molecule has 4 aromatic rings. The molecule has 0 aliphatic carbocycles. The Hall–Kier alpha value is -2.93. The standard InChI is InChI=1S/C30H29FN2O4S2.Li/c1-19-6-3-4-9-24(19)26-14-20(10-11-25(26)28(34)33-27(30(35)36)12-13-38-2)17-37-18-23-16-32-29(39-23)21-7-5-8-22(31)15-21;/h3-11,14-16,27H,12-13,17-18H2,1-2H3,(H,33,34)(H,35,36);/q;+1/p-1/t27-;/m0./s1. The molecule has 0 bridgehead atoms. The third-order valence-electron chi connectivity index (χ3n) is 6.10. The minimum atomic E-state index is -1.30. The van der Waals surface area contributed by atoms with Crippen LogP contribution in [-0.4, -0.2) is 34.9 Å². The van der Waals surface area contributed by atoms with Crippen LogP contribution < -0.4 is 29.3 Å². The van der Waals surface area contributed by atoms with Gasteiger partial charge in [0.1, 0.15) is 10.8 Å². The third-order valence-corrected chi connectivity index (χ3v) is 7.77. The zero-order valence-corrected chi connectivity index (χ0v) is 24.2. The molecule has 1 aromatic heterocycles. The number of aliphatic carboxylic acids is 1. The van der Waals surface area contributed by atoms with Gasteiger partial charge in [-0.15, -0.1) is 11.3 Å². The Morgan fingerprint density at radius 3 is 2.60 bits per heavy atom. The van der Waals surface area contributed by atoms with Gasteiger partial charge in [0.05, 0.1) is 30.1 Å². The number of thioether (sulfide) groups is 1. The molecule has 40 heavy (non-hydrogen) atoms. The van der Waals surface area contributed by atoms with E-state index in [2.05, 4.69) is 10.3 Å². The van der Waals surface area contributed by atoms with E-state index in [1.165, 1.54) is 35.2 Å². The van der Waals surface area contributed by atoms with Gasteiger partial charge in [0.25, 0.3) is 5.91 Å². The van der Waals surface area contributed by atoms with Gasteiger partial charge in [-0.3, -0.25) is 4.79 Å². The number of amides is 1. The summed E-state index contributed by atoms with van der Waals surface area (Å²) in [5.74, 6) is -1.49. The van der Waals surface area contributed by atoms with Crippen LogP contribution in [0.5, 0.6) is 0 Å². The summed E-state index contributed by atoms with van der Waals surface area (Å²) in [6.07, 6.45) is 3.88. The molecule has 4 rings (SSSR count). The minimum Gasteiger partial charge on any atom is -0.548 e. The zero-order chi connectivity index (χ0) is 27.8. The molecule has 3 aromatic carbocycles. The number of halogens is 1. The molecule has 202 valence electrons. The maximum absolute atomic E-state index is 13.6. The van der Waals surface area contributed by atoms with Gasteiger partial charge in [0.15, 0.2) is 0 Å². The van der Waals surface area contributed by atoms with Crippen molar-refractivity contribution in [2.24, 2.45) is 0 Å². The van der Waals surface area contributed by atoms with Crippen molar-refractivity contribution in [1.82, 2.24) is 10.3 Å². The molecule has 0 spiro atoms. The number of carbonyl (C=O) groups excluding carboxylic acids is 2. The molecule has 1 amide bonds. The fraction of sp³-hybridized carbons (Fsp3) is 0.233. The quantitative estimate of drug-likeness (QED) is 0.263. The Morgan fingerprint density at radius 1 is 1.07 bits per heavy atom. The van der Waals surface area contributed by atoms with Crippen LogP contribution in [0.2, 0.25) is 0 Å². The first-order chi connectivity index (χ1) is 18.9. The Labute approximate surface area is 253 Å². The Balaban J connectivity index is 0.00000441. The van der Waals surface area contributed by atoms with E-state index in [4.69, 9.17) is 4.74 Å². The molecule has 0 saturated carbocycles. The molecule has 1 heterocycles. The first-order valence-corrected chi connectivity index (χ1v) is 14.5. The van der Waals surface area contributed by atoms with Gasteiger partial charge in [-0.1, -0.05) is 42.5 Å². The minimum absolute atomic E-state index is 0. The van der Waals surface area contributed by atoms with Crippen LogP contribution in [-0.2, 0) is 22.7 Å². The molecule has 0 unspecified atom stereocenters. The van der Waals surface area contributed by atoms with E-state index in [1.807, 2.05) is 49.6 Å². The number of carboxylic acids is 1. The van der Waals surface area contributed by atoms with Crippen LogP contribution in [0.25, 0.3) is 21.7 Å². The molecule has 1 N–H and O–H groups in total. The molecule has 10 heteroatoms. The number of hydrogen-bond donors (Lipinski definition) is 1. The van der Waals surface area contributed by atoms with Crippen LogP contribution in [0.1, 0.15) is 32.8 Å². The van der Waals surface area contributed by atoms with Crippen molar-refractivity contribution < 1.29 is 42.7 Å². The third kappa shape index (κ3) is 8.29. The zero-order valence-electron chi connectivity index (χ0n) is 22.6. The molecule has 0 aliphatic heterocycles. The molecule has 6 nitrogen and oxygen atoms in total. The number of carboxylic acid groups (broad SMARTS) is 1. The van der Waals surface area contributed by atoms with Crippen LogP contribution in [0, 0.1) is 12.7 Å². The normalized spacial score (nSPS) is 11.5. The average molecular weight is 571 g/mol. The van der Waals surface area contributed by atoms with Gasteiger partial charge in [-0.25, -0.2) is 9.37 Å². The van der Waals surface area contributed by atoms with Crippen molar-refractivity contribution in [3.63, 3.8) is 0 Å². The number of nitrogens with one attached hydrogen (secondary N) is 1. The average Bonchev–Trinajstić information content (AvgIpc) is 3.40. The maximum atomic E-state index is 13.6. The summed E-state index contributed by atoms with van der Waals surface area (Å²) in [4.78, 5) is 30.1. The predicted octanol–water partition coefficient (Wildman–Crippen LogP) is 2.25. The maximum Gasteiger partial charge on any atom is 1.00 e. The molecule has 0 aliphatic rings. The Morgan fingerprint density at radius 2 is 1.88 bits per heavy atom. The molecular weight excluding hydrogens is 542 g/mol. The van der Waals surface area contributed by atoms with Crippen molar-refractivity contribution in [3.05, 3.63) is 100 Å². The first kappa shape index (κ1) is 31.6. The van der Waals surface area contributed by atoms with Gasteiger partial charge in [0, 0.05) is 17.3 Å². The summed E-state index contributed by atoms with van der Waals surface area (Å²) in [6, 6.07) is 18.4. The SMILES string of the molecule is CSCC[C@H](NC(=O)c1ccc(COCc2cnc(-c3cccc(F)c3)s2)cc1-c1ccccc1C)C(=O)[O-].[Li+]. The number of benzene rings is 3. The van der Waals surface area contributed by atoms with Crippen molar-refractivity contribution in [1.29, 1.82) is 0 Å². The largest absolute Gasteiger partial charge is 1.00 e. The summed E-state index contributed by atoms with van der Waals surface area (Å²) in [5.41, 5.74) is 4.51. The van der Waals surface area contributed by atoms with E-state index in [9.17, 15) is 19.1 Å². The number of nitrogens with zero attached hydrogens (tertiary/aromatic N) is 1. The van der Waals surface area contributed by atoms with Crippen LogP contribution in [0.3, 0.4) is 0 Å². The van der Waals surface area contributed by atoms with E-state index >= 15 is 0 Å². The summed E-state index contributed by atoms with van der Waals surface area (Å²) in [5, 5.41) is 14.9. The number of hydrogen-bond acceptors (Lipinski definition) is 7. The number of ether oxygens (including phenoxy) is 1. The van der Waals surface area contributed by atoms with Gasteiger partial charge < -0.3 is 20.0 Å². The van der Waals surface area contributed by atoms with Crippen molar-refractivity contribution >= 4 is 35.0 Å². The summed E-state index contributed by atoms with van der Waals surface area (Å²) >= 11 is 2.95. The Kier molecular flexibility index (Phi) is 12.0. The Bertz CT molecular complexity index is 1460. The van der Waals surface area contributed by atoms with Crippen molar-refractivity contribution in [3.8, 4) is 21.7 Å². The topological polar surface area (TPSA) is 91.3 Å². The molecule has 0 saturated heterocycles. The van der Waals surface area contributed by atoms with Crippen LogP contribution in [0.15, 0.2) is 72.9 Å². The number of carbonyl (C=O) groups is 2. The second-order valence-corrected chi connectivity index (χ2v) is 11.1. The number of rotatable bonds is 12. The molecule has 0 fully saturated rings. The smallest absolute Gasteiger partial charge is 0.548 e. The number of aryl methyl sites for hydroxylation is 1. The van der Waals surface area contributed by atoms with Gasteiger partial charge in [0.2, 0.25) is 0 Å². The monoisotopic (exact) mass is 570 g/mol. The second-order valence-electron chi connectivity index (χ2n) is 8.96. The molecule has 0 radical (unpaired) electrons. The van der Waals surface area contributed by atoms with Gasteiger partial charge in [-0.05, 0) is 71.9 Å².